The molecule has 2 rings (SSSR count). The van der Waals surface area contributed by atoms with Crippen LogP contribution in [0.1, 0.15) is 44.6 Å². The Hall–Kier alpha value is -1.04. The van der Waals surface area contributed by atoms with Crippen LogP contribution in [0.2, 0.25) is 0 Å². The molecule has 0 atom stereocenters. The topological polar surface area (TPSA) is 0 Å². The summed E-state index contributed by atoms with van der Waals surface area (Å²) >= 11 is 0. The van der Waals surface area contributed by atoms with Gasteiger partial charge in [-0.3, -0.25) is 0 Å². The van der Waals surface area contributed by atoms with Crippen molar-refractivity contribution in [2.45, 2.75) is 44.4 Å². The van der Waals surface area contributed by atoms with Gasteiger partial charge in [0.05, 0.1) is 0 Å². The summed E-state index contributed by atoms with van der Waals surface area (Å²) in [5, 5.41) is 0. The summed E-state index contributed by atoms with van der Waals surface area (Å²) in [7, 11) is 0. The van der Waals surface area contributed by atoms with Gasteiger partial charge in [0, 0.05) is 5.41 Å². The van der Waals surface area contributed by atoms with Gasteiger partial charge in [-0.25, -0.2) is 0 Å². The Kier molecular flexibility index (Phi) is 2.95. The molecule has 0 aromatic heterocycles. The highest BCUT2D eigenvalue weighted by atomic mass is 14.4. The quantitative estimate of drug-likeness (QED) is 0.618. The molecular weight excluding hydrogens is 180 g/mol. The zero-order chi connectivity index (χ0) is 10.7. The van der Waals surface area contributed by atoms with Crippen molar-refractivity contribution in [2.75, 3.05) is 0 Å². The molecule has 0 nitrogen and oxygen atoms in total. The van der Waals surface area contributed by atoms with Crippen molar-refractivity contribution in [3.8, 4) is 0 Å². The van der Waals surface area contributed by atoms with E-state index in [0.29, 0.717) is 0 Å². The van der Waals surface area contributed by atoms with Crippen LogP contribution in [0.5, 0.6) is 0 Å². The van der Waals surface area contributed by atoms with Gasteiger partial charge in [0.2, 0.25) is 0 Å². The van der Waals surface area contributed by atoms with Crippen LogP contribution in [0.25, 0.3) is 0 Å². The average molecular weight is 200 g/mol. The minimum Gasteiger partial charge on any atom is -0.0992 e. The van der Waals surface area contributed by atoms with Crippen LogP contribution in [0.4, 0.5) is 0 Å². The van der Waals surface area contributed by atoms with Crippen LogP contribution in [0.15, 0.2) is 42.5 Å². The molecule has 1 aromatic rings. The Labute approximate surface area is 93.0 Å². The van der Waals surface area contributed by atoms with Crippen molar-refractivity contribution in [1.82, 2.24) is 0 Å². The van der Waals surface area contributed by atoms with Gasteiger partial charge in [0.15, 0.2) is 0 Å². The first-order valence-corrected chi connectivity index (χ1v) is 5.97. The molecule has 1 fully saturated rings. The SMILES string of the molecule is C=C(C)C1(c2ccccc2)CCCCC1. The molecule has 0 radical (unpaired) electrons. The molecule has 0 unspecified atom stereocenters. The van der Waals surface area contributed by atoms with Crippen molar-refractivity contribution in [2.24, 2.45) is 0 Å². The molecule has 0 spiro atoms. The molecule has 0 amide bonds. The van der Waals surface area contributed by atoms with Gasteiger partial charge < -0.3 is 0 Å². The molecule has 0 heteroatoms. The number of allylic oxidation sites excluding steroid dienone is 1. The molecule has 1 aromatic carbocycles. The number of hydrogen-bond donors (Lipinski definition) is 0. The van der Waals surface area contributed by atoms with Crippen molar-refractivity contribution in [3.63, 3.8) is 0 Å². The van der Waals surface area contributed by atoms with E-state index in [4.69, 9.17) is 0 Å². The van der Waals surface area contributed by atoms with Gasteiger partial charge in [0.25, 0.3) is 0 Å². The highest BCUT2D eigenvalue weighted by Gasteiger charge is 2.34. The maximum absolute atomic E-state index is 4.23. The zero-order valence-corrected chi connectivity index (χ0v) is 9.63. The monoisotopic (exact) mass is 200 g/mol. The maximum atomic E-state index is 4.23. The predicted octanol–water partition coefficient (Wildman–Crippen LogP) is 4.46. The van der Waals surface area contributed by atoms with Crippen LogP contribution < -0.4 is 0 Å². The van der Waals surface area contributed by atoms with Gasteiger partial charge in [-0.05, 0) is 25.3 Å². The van der Waals surface area contributed by atoms with E-state index in [1.54, 1.807) is 0 Å². The lowest BCUT2D eigenvalue weighted by Gasteiger charge is -2.38. The van der Waals surface area contributed by atoms with E-state index < -0.39 is 0 Å². The summed E-state index contributed by atoms with van der Waals surface area (Å²) in [5.74, 6) is 0. The lowest BCUT2D eigenvalue weighted by Crippen LogP contribution is -2.29. The van der Waals surface area contributed by atoms with Gasteiger partial charge in [-0.2, -0.15) is 0 Å². The number of rotatable bonds is 2. The maximum Gasteiger partial charge on any atom is 0.0156 e. The second-order valence-electron chi connectivity index (χ2n) is 4.79. The van der Waals surface area contributed by atoms with Crippen molar-refractivity contribution >= 4 is 0 Å². The predicted molar refractivity (Wildman–Crippen MR) is 66.0 cm³/mol. The molecule has 0 heterocycles. The summed E-state index contributed by atoms with van der Waals surface area (Å²) in [4.78, 5) is 0. The van der Waals surface area contributed by atoms with E-state index >= 15 is 0 Å². The van der Waals surface area contributed by atoms with Crippen LogP contribution in [0.3, 0.4) is 0 Å². The Bertz CT molecular complexity index is 328. The fourth-order valence-electron chi connectivity index (χ4n) is 2.87. The molecule has 80 valence electrons. The Morgan fingerprint density at radius 2 is 1.67 bits per heavy atom. The standard InChI is InChI=1S/C15H20/c1-13(2)15(11-7-4-8-12-15)14-9-5-3-6-10-14/h3,5-6,9-10H,1,4,7-8,11-12H2,2H3. The summed E-state index contributed by atoms with van der Waals surface area (Å²) in [5.41, 5.74) is 3.09. The largest absolute Gasteiger partial charge is 0.0992 e. The van der Waals surface area contributed by atoms with Gasteiger partial charge in [-0.1, -0.05) is 61.7 Å². The molecule has 0 aliphatic heterocycles. The summed E-state index contributed by atoms with van der Waals surface area (Å²) in [6, 6.07) is 10.9. The van der Waals surface area contributed by atoms with Crippen LogP contribution in [0, 0.1) is 0 Å². The third-order valence-electron chi connectivity index (χ3n) is 3.85. The normalized spacial score (nSPS) is 19.8. The summed E-state index contributed by atoms with van der Waals surface area (Å²) in [6.45, 7) is 6.42. The second-order valence-corrected chi connectivity index (χ2v) is 4.79. The molecule has 1 aliphatic rings. The molecule has 0 bridgehead atoms. The van der Waals surface area contributed by atoms with Crippen LogP contribution in [-0.4, -0.2) is 0 Å². The van der Waals surface area contributed by atoms with Crippen molar-refractivity contribution < 1.29 is 0 Å². The lowest BCUT2D eigenvalue weighted by atomic mass is 9.66. The Balaban J connectivity index is 2.38. The third-order valence-corrected chi connectivity index (χ3v) is 3.85. The highest BCUT2D eigenvalue weighted by Crippen LogP contribution is 2.44. The summed E-state index contributed by atoms with van der Waals surface area (Å²) < 4.78 is 0. The van der Waals surface area contributed by atoms with E-state index in [2.05, 4.69) is 43.8 Å². The zero-order valence-electron chi connectivity index (χ0n) is 9.63. The Morgan fingerprint density at radius 3 is 2.20 bits per heavy atom. The highest BCUT2D eigenvalue weighted by molar-refractivity contribution is 5.34. The first-order valence-electron chi connectivity index (χ1n) is 5.97. The molecule has 1 aliphatic carbocycles. The molecule has 1 saturated carbocycles. The second kappa shape index (κ2) is 4.22. The van der Waals surface area contributed by atoms with Crippen molar-refractivity contribution in [1.29, 1.82) is 0 Å². The van der Waals surface area contributed by atoms with Gasteiger partial charge in [-0.15, -0.1) is 0 Å². The van der Waals surface area contributed by atoms with E-state index in [1.165, 1.54) is 43.2 Å². The van der Waals surface area contributed by atoms with E-state index in [-0.39, 0.29) is 5.41 Å². The minimum absolute atomic E-state index is 0.277. The minimum atomic E-state index is 0.277. The molecular formula is C15H20. The average Bonchev–Trinajstić information content (AvgIpc) is 2.31. The van der Waals surface area contributed by atoms with Gasteiger partial charge in [0.1, 0.15) is 0 Å². The fraction of sp³-hybridized carbons (Fsp3) is 0.467. The van der Waals surface area contributed by atoms with Gasteiger partial charge >= 0.3 is 0 Å². The fourth-order valence-corrected chi connectivity index (χ4v) is 2.87. The third kappa shape index (κ3) is 1.86. The van der Waals surface area contributed by atoms with Crippen LogP contribution >= 0.6 is 0 Å². The van der Waals surface area contributed by atoms with Crippen molar-refractivity contribution in [3.05, 3.63) is 48.0 Å². The number of benzene rings is 1. The molecule has 0 N–H and O–H groups in total. The number of hydrogen-bond acceptors (Lipinski definition) is 0. The molecule has 15 heavy (non-hydrogen) atoms. The first kappa shape index (κ1) is 10.5. The van der Waals surface area contributed by atoms with E-state index in [9.17, 15) is 0 Å². The lowest BCUT2D eigenvalue weighted by molar-refractivity contribution is 0.340. The van der Waals surface area contributed by atoms with E-state index in [1.807, 2.05) is 0 Å². The Morgan fingerprint density at radius 1 is 1.07 bits per heavy atom. The smallest absolute Gasteiger partial charge is 0.0156 e. The summed E-state index contributed by atoms with van der Waals surface area (Å²) in [6.07, 6.45) is 6.66. The molecule has 0 saturated heterocycles. The first-order chi connectivity index (χ1) is 7.26. The van der Waals surface area contributed by atoms with E-state index in [0.717, 1.165) is 0 Å². The van der Waals surface area contributed by atoms with Crippen LogP contribution in [-0.2, 0) is 5.41 Å².